The molecule has 5 rings (SSSR count). The molecule has 0 radical (unpaired) electrons. The fourth-order valence-electron chi connectivity index (χ4n) is 3.39. The highest BCUT2D eigenvalue weighted by atomic mass is 79.9. The van der Waals surface area contributed by atoms with E-state index in [2.05, 4.69) is 21.2 Å². The predicted octanol–water partition coefficient (Wildman–Crippen LogP) is 4.05. The Kier molecular flexibility index (Phi) is 3.11. The smallest absolute Gasteiger partial charge is 0.257 e. The van der Waals surface area contributed by atoms with Gasteiger partial charge in [-0.05, 0) is 29.7 Å². The molecule has 4 aromatic rings. The van der Waals surface area contributed by atoms with Crippen LogP contribution in [0.5, 0.6) is 0 Å². The Morgan fingerprint density at radius 1 is 0.960 bits per heavy atom. The lowest BCUT2D eigenvalue weighted by molar-refractivity contribution is -0.110. The molecule has 0 saturated carbocycles. The van der Waals surface area contributed by atoms with Gasteiger partial charge >= 0.3 is 0 Å². The van der Waals surface area contributed by atoms with Crippen molar-refractivity contribution in [3.63, 3.8) is 0 Å². The second kappa shape index (κ2) is 5.25. The highest BCUT2D eigenvalue weighted by Gasteiger charge is 2.26. The highest BCUT2D eigenvalue weighted by Crippen LogP contribution is 2.33. The molecule has 1 aliphatic heterocycles. The van der Waals surface area contributed by atoms with Gasteiger partial charge in [-0.25, -0.2) is 0 Å². The van der Waals surface area contributed by atoms with Crippen molar-refractivity contribution in [3.8, 4) is 0 Å². The van der Waals surface area contributed by atoms with Crippen LogP contribution < -0.4 is 15.3 Å². The first-order valence-electron chi connectivity index (χ1n) is 7.73. The van der Waals surface area contributed by atoms with Crippen molar-refractivity contribution < 1.29 is 4.79 Å². The summed E-state index contributed by atoms with van der Waals surface area (Å²) in [6.45, 7) is 0. The maximum atomic E-state index is 13.2. The summed E-state index contributed by atoms with van der Waals surface area (Å²) >= 11 is 4.83. The van der Waals surface area contributed by atoms with Crippen LogP contribution in [0.3, 0.4) is 0 Å². The van der Waals surface area contributed by atoms with E-state index >= 15 is 0 Å². The van der Waals surface area contributed by atoms with Crippen LogP contribution in [0.15, 0.2) is 63.9 Å². The largest absolute Gasteiger partial charge is 0.321 e. The standard InChI is InChI=1S/C20H10BrNO2S/c21-11-7-8-14-13(9-11)17(20(24)22-14)19-18(23)12-5-1-3-10-4-2-6-15(25-19)16(10)12/h1-9H,(H,22,24). The van der Waals surface area contributed by atoms with Crippen LogP contribution in [-0.2, 0) is 4.79 Å². The number of rotatable bonds is 0. The fraction of sp³-hybridized carbons (Fsp3) is 0. The normalized spacial score (nSPS) is 15.6. The van der Waals surface area contributed by atoms with Crippen LogP contribution in [-0.4, -0.2) is 5.91 Å². The lowest BCUT2D eigenvalue weighted by atomic mass is 10.0. The molecule has 25 heavy (non-hydrogen) atoms. The molecule has 2 heterocycles. The summed E-state index contributed by atoms with van der Waals surface area (Å²) in [5.74, 6) is -0.226. The topological polar surface area (TPSA) is 46.2 Å². The Morgan fingerprint density at radius 2 is 1.76 bits per heavy atom. The molecule has 5 heteroatoms. The van der Waals surface area contributed by atoms with Crippen LogP contribution in [0.4, 0.5) is 5.69 Å². The summed E-state index contributed by atoms with van der Waals surface area (Å²) in [4.78, 5) is 25.8. The third-order valence-electron chi connectivity index (χ3n) is 4.48. The SMILES string of the molecule is O=C1Nc2ccc(Br)cc2C1=c1sc2cccc3cccc(c1=O)c32. The van der Waals surface area contributed by atoms with E-state index < -0.39 is 0 Å². The number of amides is 1. The molecular formula is C20H10BrNO2S. The number of fused-ring (bicyclic) bond motifs is 1. The van der Waals surface area contributed by atoms with E-state index in [-0.39, 0.29) is 11.3 Å². The number of benzene rings is 3. The van der Waals surface area contributed by atoms with Crippen molar-refractivity contribution >= 4 is 65.3 Å². The average molecular weight is 408 g/mol. The number of hydrogen-bond acceptors (Lipinski definition) is 3. The van der Waals surface area contributed by atoms with Crippen LogP contribution in [0.25, 0.3) is 26.4 Å². The van der Waals surface area contributed by atoms with E-state index in [9.17, 15) is 9.59 Å². The Labute approximate surface area is 154 Å². The zero-order valence-corrected chi connectivity index (χ0v) is 15.2. The maximum absolute atomic E-state index is 13.2. The van der Waals surface area contributed by atoms with Gasteiger partial charge in [0.15, 0.2) is 0 Å². The van der Waals surface area contributed by atoms with Crippen molar-refractivity contribution in [2.75, 3.05) is 5.32 Å². The van der Waals surface area contributed by atoms with Crippen molar-refractivity contribution in [2.24, 2.45) is 0 Å². The number of halogens is 1. The molecule has 1 aliphatic rings. The molecule has 0 saturated heterocycles. The molecule has 1 N–H and O–H groups in total. The Hall–Kier alpha value is -2.50. The highest BCUT2D eigenvalue weighted by molar-refractivity contribution is 9.10. The minimum Gasteiger partial charge on any atom is -0.321 e. The predicted molar refractivity (Wildman–Crippen MR) is 106 cm³/mol. The van der Waals surface area contributed by atoms with Gasteiger partial charge in [0, 0.05) is 31.2 Å². The van der Waals surface area contributed by atoms with Gasteiger partial charge in [0.05, 0.1) is 10.1 Å². The lowest BCUT2D eigenvalue weighted by Crippen LogP contribution is -2.27. The second-order valence-electron chi connectivity index (χ2n) is 5.94. The van der Waals surface area contributed by atoms with Crippen LogP contribution in [0, 0.1) is 0 Å². The van der Waals surface area contributed by atoms with Gasteiger partial charge in [-0.3, -0.25) is 9.59 Å². The van der Waals surface area contributed by atoms with Crippen LogP contribution >= 0.6 is 27.3 Å². The van der Waals surface area contributed by atoms with E-state index in [0.29, 0.717) is 15.5 Å². The summed E-state index contributed by atoms with van der Waals surface area (Å²) in [6.07, 6.45) is 0. The zero-order chi connectivity index (χ0) is 17.1. The van der Waals surface area contributed by atoms with Gasteiger partial charge in [0.25, 0.3) is 5.91 Å². The summed E-state index contributed by atoms with van der Waals surface area (Å²) < 4.78 is 2.36. The van der Waals surface area contributed by atoms with E-state index in [0.717, 1.165) is 31.2 Å². The molecule has 0 fully saturated rings. The van der Waals surface area contributed by atoms with E-state index in [1.165, 1.54) is 11.3 Å². The Morgan fingerprint density at radius 3 is 2.60 bits per heavy atom. The van der Waals surface area contributed by atoms with Crippen LogP contribution in [0.2, 0.25) is 0 Å². The van der Waals surface area contributed by atoms with Gasteiger partial charge in [-0.2, -0.15) is 0 Å². The molecule has 3 nitrogen and oxygen atoms in total. The molecule has 3 aromatic carbocycles. The van der Waals surface area contributed by atoms with E-state index in [1.54, 1.807) is 0 Å². The zero-order valence-electron chi connectivity index (χ0n) is 12.8. The van der Waals surface area contributed by atoms with Gasteiger partial charge in [0.1, 0.15) is 0 Å². The van der Waals surface area contributed by atoms with Crippen molar-refractivity contribution in [1.82, 2.24) is 0 Å². The van der Waals surface area contributed by atoms with Crippen molar-refractivity contribution in [1.29, 1.82) is 0 Å². The van der Waals surface area contributed by atoms with Crippen molar-refractivity contribution in [2.45, 2.75) is 0 Å². The third-order valence-corrected chi connectivity index (χ3v) is 6.13. The first kappa shape index (κ1) is 14.8. The Bertz CT molecular complexity index is 1320. The number of nitrogens with one attached hydrogen (secondary N) is 1. The average Bonchev–Trinajstić information content (AvgIpc) is 2.93. The molecule has 0 aliphatic carbocycles. The summed E-state index contributed by atoms with van der Waals surface area (Å²) in [5, 5.41) is 5.53. The molecule has 1 amide bonds. The van der Waals surface area contributed by atoms with Gasteiger partial charge in [0.2, 0.25) is 5.43 Å². The third kappa shape index (κ3) is 2.09. The first-order chi connectivity index (χ1) is 12.1. The number of carbonyl (C=O) groups is 1. The van der Waals surface area contributed by atoms with E-state index in [1.807, 2.05) is 54.6 Å². The maximum Gasteiger partial charge on any atom is 0.257 e. The second-order valence-corrected chi connectivity index (χ2v) is 7.91. The Balaban J connectivity index is 2.03. The minimum atomic E-state index is -0.226. The van der Waals surface area contributed by atoms with Gasteiger partial charge in [-0.15, -0.1) is 11.3 Å². The number of carbonyl (C=O) groups excluding carboxylic acids is 1. The lowest BCUT2D eigenvalue weighted by Gasteiger charge is -2.05. The molecule has 1 aromatic heterocycles. The summed E-state index contributed by atoms with van der Waals surface area (Å²) in [5.41, 5.74) is 1.87. The van der Waals surface area contributed by atoms with Gasteiger partial charge < -0.3 is 5.32 Å². The summed E-state index contributed by atoms with van der Waals surface area (Å²) in [6, 6.07) is 17.3. The fourth-order valence-corrected chi connectivity index (χ4v) is 4.95. The molecule has 120 valence electrons. The first-order valence-corrected chi connectivity index (χ1v) is 9.34. The van der Waals surface area contributed by atoms with Gasteiger partial charge in [-0.1, -0.05) is 46.3 Å². The number of hydrogen-bond donors (Lipinski definition) is 1. The monoisotopic (exact) mass is 407 g/mol. The molecule has 0 unspecified atom stereocenters. The molecule has 0 bridgehead atoms. The molecule has 0 spiro atoms. The quantitative estimate of drug-likeness (QED) is 0.477. The van der Waals surface area contributed by atoms with Crippen LogP contribution in [0.1, 0.15) is 5.56 Å². The number of anilines is 1. The van der Waals surface area contributed by atoms with Crippen molar-refractivity contribution in [3.05, 3.63) is 79.4 Å². The van der Waals surface area contributed by atoms with E-state index in [4.69, 9.17) is 0 Å². The summed E-state index contributed by atoms with van der Waals surface area (Å²) in [7, 11) is 0. The molecule has 0 atom stereocenters. The minimum absolute atomic E-state index is 0.0905. The molecular weight excluding hydrogens is 398 g/mol.